The van der Waals surface area contributed by atoms with Gasteiger partial charge in [0.1, 0.15) is 0 Å². The minimum atomic E-state index is 0.00135. The molecule has 0 spiro atoms. The quantitative estimate of drug-likeness (QED) is 0.440. The van der Waals surface area contributed by atoms with Crippen LogP contribution in [0, 0.1) is 0 Å². The fourth-order valence-corrected chi connectivity index (χ4v) is 2.53. The summed E-state index contributed by atoms with van der Waals surface area (Å²) in [6, 6.07) is 14.4. The molecule has 0 saturated carbocycles. The molecule has 0 N–H and O–H groups in total. The minimum absolute atomic E-state index is 0.00135. The van der Waals surface area contributed by atoms with Gasteiger partial charge in [-0.2, -0.15) is 10.5 Å². The van der Waals surface area contributed by atoms with E-state index >= 15 is 0 Å². The van der Waals surface area contributed by atoms with E-state index < -0.39 is 0 Å². The van der Waals surface area contributed by atoms with Crippen LogP contribution in [0.15, 0.2) is 42.5 Å². The Hall–Kier alpha value is -1.41. The molecule has 0 aliphatic rings. The Morgan fingerprint density at radius 2 is 1.75 bits per heavy atom. The van der Waals surface area contributed by atoms with Crippen molar-refractivity contribution in [2.24, 2.45) is 0 Å². The van der Waals surface area contributed by atoms with Crippen molar-refractivity contribution in [1.29, 1.82) is 0 Å². The molecule has 0 unspecified atom stereocenters. The van der Waals surface area contributed by atoms with Crippen molar-refractivity contribution in [3.63, 3.8) is 0 Å². The molecule has 0 aromatic heterocycles. The fraction of sp³-hybridized carbons (Fsp3) is 0.143. The second kappa shape index (κ2) is 4.62. The van der Waals surface area contributed by atoms with Crippen molar-refractivity contribution < 1.29 is 4.79 Å². The first kappa shape index (κ1) is 11.1. The molecule has 0 bridgehead atoms. The van der Waals surface area contributed by atoms with E-state index in [2.05, 4.69) is 36.8 Å². The maximum Gasteiger partial charge on any atom is 0.156 e. The van der Waals surface area contributed by atoms with Crippen LogP contribution >= 0.6 is 10.5 Å². The molecular formula is C14H14OS. The topological polar surface area (TPSA) is 17.1 Å². The predicted octanol–water partition coefficient (Wildman–Crippen LogP) is 3.09. The largest absolute Gasteiger partial charge is 0.297 e. The lowest BCUT2D eigenvalue weighted by molar-refractivity contribution is -0.102. The maximum absolute atomic E-state index is 11.1. The molecular weight excluding hydrogens is 216 g/mol. The summed E-state index contributed by atoms with van der Waals surface area (Å²) in [7, 11) is 0.00135. The summed E-state index contributed by atoms with van der Waals surface area (Å²) in [5.74, 6) is 0. The van der Waals surface area contributed by atoms with Crippen molar-refractivity contribution >= 4 is 32.4 Å². The average Bonchev–Trinajstić information content (AvgIpc) is 2.29. The number of hydrogen-bond donors (Lipinski definition) is 0. The third-order valence-corrected chi connectivity index (χ3v) is 3.79. The van der Waals surface area contributed by atoms with Crippen LogP contribution in [0.1, 0.15) is 5.56 Å². The van der Waals surface area contributed by atoms with Crippen LogP contribution in [0.25, 0.3) is 10.8 Å². The number of rotatable bonds is 2. The van der Waals surface area contributed by atoms with Crippen LogP contribution in [-0.4, -0.2) is 23.7 Å². The standard InChI is InChI=1S/C14H14OS/c1-16(2)14(10-15)13-8-7-11-5-3-4-6-12(11)9-13/h3-10H,1-2H3. The Bertz CT molecular complexity index is 566. The van der Waals surface area contributed by atoms with E-state index in [1.165, 1.54) is 10.8 Å². The van der Waals surface area contributed by atoms with Gasteiger partial charge < -0.3 is 0 Å². The van der Waals surface area contributed by atoms with E-state index in [1.807, 2.05) is 18.2 Å². The minimum Gasteiger partial charge on any atom is -0.297 e. The number of benzene rings is 2. The highest BCUT2D eigenvalue weighted by atomic mass is 32.2. The summed E-state index contributed by atoms with van der Waals surface area (Å²) in [5.41, 5.74) is 1.04. The molecule has 0 amide bonds. The number of carbonyl (C=O) groups excluding carboxylic acids is 1. The molecule has 0 radical (unpaired) electrons. The van der Waals surface area contributed by atoms with E-state index in [0.29, 0.717) is 0 Å². The van der Waals surface area contributed by atoms with E-state index in [-0.39, 0.29) is 10.5 Å². The summed E-state index contributed by atoms with van der Waals surface area (Å²) in [4.78, 5) is 11.9. The van der Waals surface area contributed by atoms with Gasteiger partial charge in [-0.1, -0.05) is 36.4 Å². The molecule has 2 aromatic carbocycles. The molecule has 1 nitrogen and oxygen atoms in total. The normalized spacial score (nSPS) is 10.7. The fourth-order valence-electron chi connectivity index (χ4n) is 1.74. The Morgan fingerprint density at radius 1 is 1.06 bits per heavy atom. The van der Waals surface area contributed by atoms with E-state index in [9.17, 15) is 4.79 Å². The highest BCUT2D eigenvalue weighted by Gasteiger charge is 2.02. The van der Waals surface area contributed by atoms with Crippen molar-refractivity contribution in [3.8, 4) is 0 Å². The van der Waals surface area contributed by atoms with Gasteiger partial charge in [0, 0.05) is 4.86 Å². The first-order valence-electron chi connectivity index (χ1n) is 5.11. The lowest BCUT2D eigenvalue weighted by Gasteiger charge is -2.05. The second-order valence-electron chi connectivity index (χ2n) is 3.86. The zero-order chi connectivity index (χ0) is 11.5. The summed E-state index contributed by atoms with van der Waals surface area (Å²) in [6.45, 7) is 0. The van der Waals surface area contributed by atoms with Crippen molar-refractivity contribution in [3.05, 3.63) is 48.0 Å². The van der Waals surface area contributed by atoms with Gasteiger partial charge in [0.05, 0.1) is 0 Å². The zero-order valence-electron chi connectivity index (χ0n) is 9.44. The van der Waals surface area contributed by atoms with Crippen molar-refractivity contribution in [2.75, 3.05) is 12.5 Å². The van der Waals surface area contributed by atoms with Gasteiger partial charge in [-0.05, 0) is 34.9 Å². The molecule has 2 heteroatoms. The SMILES string of the molecule is CS(C)=C(C=O)c1ccc2ccccc2c1. The van der Waals surface area contributed by atoms with Crippen LogP contribution in [-0.2, 0) is 4.79 Å². The van der Waals surface area contributed by atoms with Crippen LogP contribution in [0.2, 0.25) is 0 Å². The molecule has 82 valence electrons. The molecule has 0 atom stereocenters. The highest BCUT2D eigenvalue weighted by Crippen LogP contribution is 2.18. The Kier molecular flexibility index (Phi) is 3.20. The molecule has 2 rings (SSSR count). The smallest absolute Gasteiger partial charge is 0.156 e. The van der Waals surface area contributed by atoms with Crippen LogP contribution in [0.3, 0.4) is 0 Å². The van der Waals surface area contributed by atoms with E-state index in [4.69, 9.17) is 0 Å². The van der Waals surface area contributed by atoms with Crippen LogP contribution in [0.4, 0.5) is 0 Å². The summed E-state index contributed by atoms with van der Waals surface area (Å²) in [5, 5.41) is 2.40. The van der Waals surface area contributed by atoms with Gasteiger partial charge in [0.2, 0.25) is 0 Å². The average molecular weight is 230 g/mol. The van der Waals surface area contributed by atoms with Gasteiger partial charge in [0.25, 0.3) is 0 Å². The summed E-state index contributed by atoms with van der Waals surface area (Å²) >= 11 is 0. The maximum atomic E-state index is 11.1. The van der Waals surface area contributed by atoms with Crippen molar-refractivity contribution in [1.82, 2.24) is 0 Å². The third-order valence-electron chi connectivity index (χ3n) is 2.58. The Balaban J connectivity index is 2.63. The number of aldehydes is 1. The Morgan fingerprint density at radius 3 is 2.38 bits per heavy atom. The first-order valence-corrected chi connectivity index (χ1v) is 7.15. The van der Waals surface area contributed by atoms with Gasteiger partial charge in [-0.3, -0.25) is 4.79 Å². The number of fused-ring (bicyclic) bond motifs is 1. The summed E-state index contributed by atoms with van der Waals surface area (Å²) < 4.78 is 0. The van der Waals surface area contributed by atoms with Gasteiger partial charge in [-0.15, -0.1) is 0 Å². The van der Waals surface area contributed by atoms with Gasteiger partial charge in [-0.25, -0.2) is 0 Å². The monoisotopic (exact) mass is 230 g/mol. The van der Waals surface area contributed by atoms with E-state index in [0.717, 1.165) is 16.7 Å². The third kappa shape index (κ3) is 2.07. The molecule has 16 heavy (non-hydrogen) atoms. The van der Waals surface area contributed by atoms with Gasteiger partial charge >= 0.3 is 0 Å². The second-order valence-corrected chi connectivity index (χ2v) is 5.93. The highest BCUT2D eigenvalue weighted by molar-refractivity contribution is 8.15. The molecule has 0 fully saturated rings. The molecule has 0 saturated heterocycles. The molecule has 0 aliphatic heterocycles. The first-order chi connectivity index (χ1) is 7.72. The predicted molar refractivity (Wildman–Crippen MR) is 73.6 cm³/mol. The van der Waals surface area contributed by atoms with Crippen LogP contribution in [0.5, 0.6) is 0 Å². The number of carbonyl (C=O) groups is 1. The van der Waals surface area contributed by atoms with Crippen LogP contribution < -0.4 is 0 Å². The van der Waals surface area contributed by atoms with Gasteiger partial charge in [0.15, 0.2) is 6.29 Å². The lowest BCUT2D eigenvalue weighted by atomic mass is 10.1. The summed E-state index contributed by atoms with van der Waals surface area (Å²) in [6.07, 6.45) is 5.12. The molecule has 0 heterocycles. The Labute approximate surface area is 98.0 Å². The zero-order valence-corrected chi connectivity index (χ0v) is 10.3. The molecule has 2 aromatic rings. The van der Waals surface area contributed by atoms with E-state index in [1.54, 1.807) is 0 Å². The lowest BCUT2D eigenvalue weighted by Crippen LogP contribution is -2.01. The number of hydrogen-bond acceptors (Lipinski definition) is 1. The van der Waals surface area contributed by atoms with Crippen molar-refractivity contribution in [2.45, 2.75) is 0 Å². The molecule has 0 aliphatic carbocycles.